The Kier molecular flexibility index (Phi) is 8.73. The number of guanidine groups is 1. The van der Waals surface area contributed by atoms with E-state index in [0.717, 1.165) is 11.8 Å². The summed E-state index contributed by atoms with van der Waals surface area (Å²) < 4.78 is 5.24. The number of nitrogens with one attached hydrogen (secondary N) is 1. The molecule has 6 nitrogen and oxygen atoms in total. The standard InChI is InChI=1S/C17H25N5O.HI/c1-13(2)16-20-15(23-21-16)10-11-18-17(22(3)4)19-12-14-8-6-5-7-9-14;/h5-9,13H,10-12H2,1-4H3,(H,18,19);1H. The number of hydrogen-bond donors (Lipinski definition) is 1. The Labute approximate surface area is 160 Å². The summed E-state index contributed by atoms with van der Waals surface area (Å²) in [5, 5.41) is 7.29. The molecule has 0 spiro atoms. The molecular weight excluding hydrogens is 417 g/mol. The molecular formula is C17H26IN5O. The van der Waals surface area contributed by atoms with E-state index in [1.165, 1.54) is 5.56 Å². The van der Waals surface area contributed by atoms with E-state index in [1.807, 2.05) is 51.0 Å². The van der Waals surface area contributed by atoms with Crippen molar-refractivity contribution in [3.05, 3.63) is 47.6 Å². The molecule has 0 amide bonds. The lowest BCUT2D eigenvalue weighted by molar-refractivity contribution is 0.370. The van der Waals surface area contributed by atoms with Gasteiger partial charge in [0.05, 0.1) is 6.54 Å². The van der Waals surface area contributed by atoms with E-state index in [9.17, 15) is 0 Å². The number of aromatic nitrogens is 2. The SMILES string of the molecule is CC(C)c1noc(CCNC(=NCc2ccccc2)N(C)C)n1.I. The number of benzene rings is 1. The van der Waals surface area contributed by atoms with Gasteiger partial charge in [0.2, 0.25) is 5.89 Å². The minimum absolute atomic E-state index is 0. The number of aliphatic imine (C=N–C) groups is 1. The lowest BCUT2D eigenvalue weighted by atomic mass is 10.2. The van der Waals surface area contributed by atoms with Gasteiger partial charge in [0.1, 0.15) is 0 Å². The van der Waals surface area contributed by atoms with Gasteiger partial charge in [-0.2, -0.15) is 4.98 Å². The van der Waals surface area contributed by atoms with Gasteiger partial charge in [-0.1, -0.05) is 49.3 Å². The molecule has 1 aromatic carbocycles. The molecule has 7 heteroatoms. The molecule has 132 valence electrons. The van der Waals surface area contributed by atoms with Gasteiger partial charge in [-0.3, -0.25) is 0 Å². The molecule has 0 bridgehead atoms. The quantitative estimate of drug-likeness (QED) is 0.423. The zero-order valence-electron chi connectivity index (χ0n) is 14.7. The first-order valence-corrected chi connectivity index (χ1v) is 7.88. The molecule has 1 N–H and O–H groups in total. The number of hydrogen-bond acceptors (Lipinski definition) is 4. The van der Waals surface area contributed by atoms with Crippen LogP contribution < -0.4 is 5.32 Å². The second-order valence-electron chi connectivity index (χ2n) is 5.90. The lowest BCUT2D eigenvalue weighted by Gasteiger charge is -2.17. The van der Waals surface area contributed by atoms with Crippen molar-refractivity contribution >= 4 is 29.9 Å². The average molecular weight is 443 g/mol. The van der Waals surface area contributed by atoms with Crippen LogP contribution in [0.3, 0.4) is 0 Å². The van der Waals surface area contributed by atoms with Crippen LogP contribution in [0.2, 0.25) is 0 Å². The molecule has 0 fully saturated rings. The predicted molar refractivity (Wildman–Crippen MR) is 107 cm³/mol. The molecule has 2 rings (SSSR count). The monoisotopic (exact) mass is 443 g/mol. The molecule has 0 aliphatic heterocycles. The van der Waals surface area contributed by atoms with Crippen molar-refractivity contribution in [3.8, 4) is 0 Å². The number of rotatable bonds is 6. The minimum atomic E-state index is 0. The highest BCUT2D eigenvalue weighted by Crippen LogP contribution is 2.09. The molecule has 24 heavy (non-hydrogen) atoms. The summed E-state index contributed by atoms with van der Waals surface area (Å²) in [6.07, 6.45) is 0.678. The van der Waals surface area contributed by atoms with Gasteiger partial charge < -0.3 is 14.7 Å². The molecule has 2 aromatic rings. The van der Waals surface area contributed by atoms with Gasteiger partial charge in [0, 0.05) is 33.0 Å². The Bertz CT molecular complexity index is 625. The van der Waals surface area contributed by atoms with Gasteiger partial charge in [0.15, 0.2) is 11.8 Å². The molecule has 0 saturated carbocycles. The summed E-state index contributed by atoms with van der Waals surface area (Å²) in [4.78, 5) is 11.0. The summed E-state index contributed by atoms with van der Waals surface area (Å²) in [5.41, 5.74) is 1.19. The van der Waals surface area contributed by atoms with Crippen LogP contribution >= 0.6 is 24.0 Å². The smallest absolute Gasteiger partial charge is 0.228 e. The zero-order chi connectivity index (χ0) is 16.7. The van der Waals surface area contributed by atoms with Crippen molar-refractivity contribution in [1.82, 2.24) is 20.4 Å². The maximum Gasteiger partial charge on any atom is 0.228 e. The maximum atomic E-state index is 5.24. The summed E-state index contributed by atoms with van der Waals surface area (Å²) in [6.45, 7) is 5.45. The van der Waals surface area contributed by atoms with Gasteiger partial charge >= 0.3 is 0 Å². The van der Waals surface area contributed by atoms with Crippen LogP contribution in [0.15, 0.2) is 39.8 Å². The van der Waals surface area contributed by atoms with E-state index in [-0.39, 0.29) is 29.9 Å². The fraction of sp³-hybridized carbons (Fsp3) is 0.471. The van der Waals surface area contributed by atoms with Crippen LogP contribution in [0.5, 0.6) is 0 Å². The molecule has 0 saturated heterocycles. The third-order valence-corrected chi connectivity index (χ3v) is 3.30. The van der Waals surface area contributed by atoms with E-state index in [2.05, 4.69) is 32.6 Å². The predicted octanol–water partition coefficient (Wildman–Crippen LogP) is 3.06. The van der Waals surface area contributed by atoms with Crippen molar-refractivity contribution in [2.45, 2.75) is 32.7 Å². The summed E-state index contributed by atoms with van der Waals surface area (Å²) in [5.74, 6) is 2.54. The van der Waals surface area contributed by atoms with Gasteiger partial charge in [0.25, 0.3) is 0 Å². The molecule has 0 aliphatic carbocycles. The normalized spacial score (nSPS) is 11.3. The van der Waals surface area contributed by atoms with Crippen molar-refractivity contribution < 1.29 is 4.52 Å². The Morgan fingerprint density at radius 1 is 1.25 bits per heavy atom. The highest BCUT2D eigenvalue weighted by molar-refractivity contribution is 14.0. The molecule has 0 unspecified atom stereocenters. The van der Waals surface area contributed by atoms with Gasteiger partial charge in [-0.25, -0.2) is 4.99 Å². The van der Waals surface area contributed by atoms with E-state index in [0.29, 0.717) is 25.4 Å². The highest BCUT2D eigenvalue weighted by Gasteiger charge is 2.09. The van der Waals surface area contributed by atoms with Crippen molar-refractivity contribution in [2.24, 2.45) is 4.99 Å². The fourth-order valence-electron chi connectivity index (χ4n) is 1.99. The summed E-state index contributed by atoms with van der Waals surface area (Å²) in [6, 6.07) is 10.2. The van der Waals surface area contributed by atoms with E-state index < -0.39 is 0 Å². The number of nitrogens with zero attached hydrogens (tertiary/aromatic N) is 4. The van der Waals surface area contributed by atoms with E-state index in [4.69, 9.17) is 4.52 Å². The Balaban J connectivity index is 0.00000288. The third-order valence-electron chi connectivity index (χ3n) is 3.30. The van der Waals surface area contributed by atoms with Crippen molar-refractivity contribution in [3.63, 3.8) is 0 Å². The van der Waals surface area contributed by atoms with E-state index in [1.54, 1.807) is 0 Å². The van der Waals surface area contributed by atoms with Crippen LogP contribution in [0.1, 0.15) is 37.0 Å². The summed E-state index contributed by atoms with van der Waals surface area (Å²) >= 11 is 0. The van der Waals surface area contributed by atoms with Gasteiger partial charge in [-0.15, -0.1) is 24.0 Å². The van der Waals surface area contributed by atoms with Crippen LogP contribution in [0, 0.1) is 0 Å². The Morgan fingerprint density at radius 2 is 1.96 bits per heavy atom. The Morgan fingerprint density at radius 3 is 2.54 bits per heavy atom. The first kappa shape index (κ1) is 20.4. The fourth-order valence-corrected chi connectivity index (χ4v) is 1.99. The molecule has 0 radical (unpaired) electrons. The molecule has 0 aliphatic rings. The minimum Gasteiger partial charge on any atom is -0.356 e. The first-order chi connectivity index (χ1) is 11.1. The zero-order valence-corrected chi connectivity index (χ0v) is 17.0. The topological polar surface area (TPSA) is 66.6 Å². The molecule has 1 aromatic heterocycles. The third kappa shape index (κ3) is 6.46. The molecule has 0 atom stereocenters. The highest BCUT2D eigenvalue weighted by atomic mass is 127. The summed E-state index contributed by atoms with van der Waals surface area (Å²) in [7, 11) is 3.95. The van der Waals surface area contributed by atoms with Crippen LogP contribution in [-0.2, 0) is 13.0 Å². The van der Waals surface area contributed by atoms with Crippen LogP contribution in [0.25, 0.3) is 0 Å². The second-order valence-corrected chi connectivity index (χ2v) is 5.90. The first-order valence-electron chi connectivity index (χ1n) is 7.88. The van der Waals surface area contributed by atoms with Gasteiger partial charge in [-0.05, 0) is 5.56 Å². The molecule has 1 heterocycles. The largest absolute Gasteiger partial charge is 0.356 e. The maximum absolute atomic E-state index is 5.24. The van der Waals surface area contributed by atoms with Crippen LogP contribution in [-0.4, -0.2) is 41.6 Å². The number of halogens is 1. The van der Waals surface area contributed by atoms with Crippen LogP contribution in [0.4, 0.5) is 0 Å². The second kappa shape index (κ2) is 10.3. The van der Waals surface area contributed by atoms with Crippen molar-refractivity contribution in [1.29, 1.82) is 0 Å². The lowest BCUT2D eigenvalue weighted by Crippen LogP contribution is -2.37. The average Bonchev–Trinajstić information content (AvgIpc) is 3.00. The van der Waals surface area contributed by atoms with E-state index >= 15 is 0 Å². The van der Waals surface area contributed by atoms with Crippen molar-refractivity contribution in [2.75, 3.05) is 20.6 Å². The Hall–Kier alpha value is -1.64.